The van der Waals surface area contributed by atoms with Gasteiger partial charge in [-0.15, -0.1) is 0 Å². The molecule has 1 amide bonds. The summed E-state index contributed by atoms with van der Waals surface area (Å²) in [6.45, 7) is 0.758. The summed E-state index contributed by atoms with van der Waals surface area (Å²) < 4.78 is 0. The van der Waals surface area contributed by atoms with Crippen molar-refractivity contribution in [2.24, 2.45) is 0 Å². The number of aryl methyl sites for hydroxylation is 1. The van der Waals surface area contributed by atoms with Crippen LogP contribution >= 0.6 is 35.0 Å². The summed E-state index contributed by atoms with van der Waals surface area (Å²) >= 11 is 14.0. The Bertz CT molecular complexity index is 490. The third kappa shape index (κ3) is 6.39. The molecule has 122 valence electrons. The highest BCUT2D eigenvalue weighted by atomic mass is 35.5. The number of carbonyl (C=O) groups excluding carboxylic acids is 1. The van der Waals surface area contributed by atoms with Gasteiger partial charge < -0.3 is 5.32 Å². The molecular formula is C17H23Cl2NOS. The molecule has 0 aliphatic heterocycles. The van der Waals surface area contributed by atoms with Gasteiger partial charge in [0.25, 0.3) is 0 Å². The second-order valence-corrected chi connectivity index (χ2v) is 7.97. The molecule has 0 atom stereocenters. The summed E-state index contributed by atoms with van der Waals surface area (Å²) in [5.41, 5.74) is 0.970. The third-order valence-corrected chi connectivity index (χ3v) is 5.94. The lowest BCUT2D eigenvalue weighted by molar-refractivity contribution is -0.120. The SMILES string of the molecule is O=C(CCc1ccc(Cl)cc1Cl)NCCSC1CCCCC1. The maximum atomic E-state index is 11.9. The molecule has 1 aliphatic carbocycles. The van der Waals surface area contributed by atoms with E-state index in [0.717, 1.165) is 23.1 Å². The van der Waals surface area contributed by atoms with Gasteiger partial charge in [0.1, 0.15) is 0 Å². The highest BCUT2D eigenvalue weighted by Gasteiger charge is 2.13. The van der Waals surface area contributed by atoms with Crippen molar-refractivity contribution in [3.8, 4) is 0 Å². The summed E-state index contributed by atoms with van der Waals surface area (Å²) in [6, 6.07) is 5.41. The monoisotopic (exact) mass is 359 g/mol. The van der Waals surface area contributed by atoms with Crippen molar-refractivity contribution in [3.05, 3.63) is 33.8 Å². The molecular weight excluding hydrogens is 337 g/mol. The van der Waals surface area contributed by atoms with E-state index < -0.39 is 0 Å². The molecule has 1 N–H and O–H groups in total. The Morgan fingerprint density at radius 2 is 2.00 bits per heavy atom. The molecule has 5 heteroatoms. The number of amides is 1. The predicted octanol–water partition coefficient (Wildman–Crippen LogP) is 5.11. The maximum Gasteiger partial charge on any atom is 0.220 e. The minimum absolute atomic E-state index is 0.0928. The Kier molecular flexibility index (Phi) is 7.91. The fourth-order valence-corrected chi connectivity index (χ4v) is 4.43. The van der Waals surface area contributed by atoms with Gasteiger partial charge in [-0.05, 0) is 37.0 Å². The standard InChI is InChI=1S/C17H23Cl2NOS/c18-14-8-6-13(16(19)12-14)7-9-17(21)20-10-11-22-15-4-2-1-3-5-15/h6,8,12,15H,1-5,7,9-11H2,(H,20,21). The van der Waals surface area contributed by atoms with Crippen molar-refractivity contribution in [1.29, 1.82) is 0 Å². The number of halogens is 2. The zero-order chi connectivity index (χ0) is 15.8. The van der Waals surface area contributed by atoms with Crippen LogP contribution in [0.15, 0.2) is 18.2 Å². The van der Waals surface area contributed by atoms with E-state index in [-0.39, 0.29) is 5.91 Å². The van der Waals surface area contributed by atoms with Crippen LogP contribution in [-0.4, -0.2) is 23.5 Å². The first-order chi connectivity index (χ1) is 10.6. The van der Waals surface area contributed by atoms with E-state index in [9.17, 15) is 4.79 Å². The van der Waals surface area contributed by atoms with Crippen LogP contribution in [0.25, 0.3) is 0 Å². The summed E-state index contributed by atoms with van der Waals surface area (Å²) in [5.74, 6) is 1.10. The molecule has 2 nitrogen and oxygen atoms in total. The second-order valence-electron chi connectivity index (χ2n) is 5.72. The van der Waals surface area contributed by atoms with Crippen LogP contribution in [0.1, 0.15) is 44.1 Å². The molecule has 1 fully saturated rings. The van der Waals surface area contributed by atoms with Gasteiger partial charge >= 0.3 is 0 Å². The average molecular weight is 360 g/mol. The van der Waals surface area contributed by atoms with Gasteiger partial charge in [-0.1, -0.05) is 48.5 Å². The predicted molar refractivity (Wildman–Crippen MR) is 97.1 cm³/mol. The number of carbonyl (C=O) groups is 1. The van der Waals surface area contributed by atoms with Crippen molar-refractivity contribution in [1.82, 2.24) is 5.32 Å². The molecule has 1 aromatic carbocycles. The Balaban J connectivity index is 1.59. The van der Waals surface area contributed by atoms with Gasteiger partial charge in [-0.3, -0.25) is 4.79 Å². The molecule has 2 rings (SSSR count). The molecule has 0 unspecified atom stereocenters. The first-order valence-electron chi connectivity index (χ1n) is 7.97. The molecule has 22 heavy (non-hydrogen) atoms. The van der Waals surface area contributed by atoms with Crippen LogP contribution in [0, 0.1) is 0 Å². The Morgan fingerprint density at radius 1 is 1.23 bits per heavy atom. The maximum absolute atomic E-state index is 11.9. The number of thioether (sulfide) groups is 1. The van der Waals surface area contributed by atoms with Gasteiger partial charge in [0.2, 0.25) is 5.91 Å². The average Bonchev–Trinajstić information content (AvgIpc) is 2.52. The number of hydrogen-bond donors (Lipinski definition) is 1. The van der Waals surface area contributed by atoms with Gasteiger partial charge in [0.15, 0.2) is 0 Å². The fourth-order valence-electron chi connectivity index (χ4n) is 2.71. The van der Waals surface area contributed by atoms with Crippen molar-refractivity contribution in [2.45, 2.75) is 50.2 Å². The highest BCUT2D eigenvalue weighted by molar-refractivity contribution is 7.99. The summed E-state index contributed by atoms with van der Waals surface area (Å²) in [4.78, 5) is 11.9. The first-order valence-corrected chi connectivity index (χ1v) is 9.78. The summed E-state index contributed by atoms with van der Waals surface area (Å²) in [7, 11) is 0. The molecule has 1 aromatic rings. The van der Waals surface area contributed by atoms with E-state index in [1.54, 1.807) is 6.07 Å². The summed E-state index contributed by atoms with van der Waals surface area (Å²) in [5, 5.41) is 5.05. The van der Waals surface area contributed by atoms with E-state index >= 15 is 0 Å². The normalized spacial score (nSPS) is 15.7. The largest absolute Gasteiger partial charge is 0.355 e. The van der Waals surface area contributed by atoms with E-state index in [1.807, 2.05) is 23.9 Å². The smallest absolute Gasteiger partial charge is 0.220 e. The zero-order valence-corrected chi connectivity index (χ0v) is 15.1. The van der Waals surface area contributed by atoms with Crippen LogP contribution in [0.3, 0.4) is 0 Å². The van der Waals surface area contributed by atoms with Crippen molar-refractivity contribution in [3.63, 3.8) is 0 Å². The molecule has 1 aliphatic rings. The van der Waals surface area contributed by atoms with Crippen LogP contribution < -0.4 is 5.32 Å². The summed E-state index contributed by atoms with van der Waals surface area (Å²) in [6.07, 6.45) is 7.92. The molecule has 0 heterocycles. The number of benzene rings is 1. The number of hydrogen-bond acceptors (Lipinski definition) is 2. The lowest BCUT2D eigenvalue weighted by atomic mass is 10.0. The Labute approximate surface area is 147 Å². The molecule has 0 spiro atoms. The van der Waals surface area contributed by atoms with Crippen molar-refractivity contribution < 1.29 is 4.79 Å². The van der Waals surface area contributed by atoms with Crippen molar-refractivity contribution in [2.75, 3.05) is 12.3 Å². The third-order valence-electron chi connectivity index (χ3n) is 3.97. The minimum Gasteiger partial charge on any atom is -0.355 e. The molecule has 0 saturated heterocycles. The highest BCUT2D eigenvalue weighted by Crippen LogP contribution is 2.27. The zero-order valence-electron chi connectivity index (χ0n) is 12.7. The van der Waals surface area contributed by atoms with Crippen molar-refractivity contribution >= 4 is 40.9 Å². The van der Waals surface area contributed by atoms with Gasteiger partial charge in [-0.25, -0.2) is 0 Å². The topological polar surface area (TPSA) is 29.1 Å². The van der Waals surface area contributed by atoms with Crippen LogP contribution in [-0.2, 0) is 11.2 Å². The van der Waals surface area contributed by atoms with Crippen LogP contribution in [0.2, 0.25) is 10.0 Å². The van der Waals surface area contributed by atoms with Gasteiger partial charge in [0.05, 0.1) is 0 Å². The van der Waals surface area contributed by atoms with Crippen LogP contribution in [0.4, 0.5) is 0 Å². The molecule has 0 bridgehead atoms. The number of nitrogens with one attached hydrogen (secondary N) is 1. The molecule has 1 saturated carbocycles. The number of rotatable bonds is 7. The van der Waals surface area contributed by atoms with E-state index in [1.165, 1.54) is 32.1 Å². The van der Waals surface area contributed by atoms with E-state index in [4.69, 9.17) is 23.2 Å². The molecule has 0 aromatic heterocycles. The lowest BCUT2D eigenvalue weighted by Gasteiger charge is -2.20. The molecule has 0 radical (unpaired) electrons. The first kappa shape index (κ1) is 18.0. The minimum atomic E-state index is 0.0928. The lowest BCUT2D eigenvalue weighted by Crippen LogP contribution is -2.26. The van der Waals surface area contributed by atoms with E-state index in [2.05, 4.69) is 5.32 Å². The fraction of sp³-hybridized carbons (Fsp3) is 0.588. The quantitative estimate of drug-likeness (QED) is 0.685. The second kappa shape index (κ2) is 9.69. The Morgan fingerprint density at radius 3 is 2.73 bits per heavy atom. The van der Waals surface area contributed by atoms with Gasteiger partial charge in [0, 0.05) is 34.0 Å². The van der Waals surface area contributed by atoms with Crippen LogP contribution in [0.5, 0.6) is 0 Å². The van der Waals surface area contributed by atoms with Gasteiger partial charge in [-0.2, -0.15) is 11.8 Å². The Hall–Kier alpha value is -0.380. The van der Waals surface area contributed by atoms with E-state index in [0.29, 0.717) is 22.9 Å².